The van der Waals surface area contributed by atoms with Gasteiger partial charge in [-0.05, 0) is 57.5 Å². The zero-order valence-electron chi connectivity index (χ0n) is 17.6. The molecule has 0 aromatic carbocycles. The lowest BCUT2D eigenvalue weighted by atomic mass is 9.97. The highest BCUT2D eigenvalue weighted by molar-refractivity contribution is 7.12. The molecule has 8 heteroatoms. The number of amides is 1. The highest BCUT2D eigenvalue weighted by Crippen LogP contribution is 2.24. The second-order valence-electron chi connectivity index (χ2n) is 7.69. The third kappa shape index (κ3) is 4.38. The molecule has 160 valence electrons. The van der Waals surface area contributed by atoms with Crippen LogP contribution in [0, 0.1) is 19.8 Å². The van der Waals surface area contributed by atoms with Crippen molar-refractivity contribution in [2.45, 2.75) is 46.6 Å². The Morgan fingerprint density at radius 3 is 2.60 bits per heavy atom. The van der Waals surface area contributed by atoms with Crippen molar-refractivity contribution in [3.63, 3.8) is 0 Å². The summed E-state index contributed by atoms with van der Waals surface area (Å²) in [6.07, 6.45) is 0.330. The average Bonchev–Trinajstić information content (AvgIpc) is 3.34. The number of rotatable bonds is 6. The number of ketones is 2. The maximum atomic E-state index is 12.8. The van der Waals surface area contributed by atoms with Gasteiger partial charge >= 0.3 is 5.97 Å². The van der Waals surface area contributed by atoms with Crippen LogP contribution in [0.4, 0.5) is 0 Å². The molecule has 0 saturated carbocycles. The van der Waals surface area contributed by atoms with Crippen molar-refractivity contribution in [3.05, 3.63) is 44.9 Å². The fourth-order valence-corrected chi connectivity index (χ4v) is 4.65. The molecule has 2 unspecified atom stereocenters. The van der Waals surface area contributed by atoms with E-state index >= 15 is 0 Å². The molecule has 7 nitrogen and oxygen atoms in total. The molecule has 1 aliphatic heterocycles. The summed E-state index contributed by atoms with van der Waals surface area (Å²) in [7, 11) is 0. The van der Waals surface area contributed by atoms with Crippen LogP contribution in [-0.2, 0) is 9.53 Å². The number of hydrogen-bond acceptors (Lipinski definition) is 6. The maximum absolute atomic E-state index is 12.8. The van der Waals surface area contributed by atoms with E-state index in [9.17, 15) is 19.2 Å². The van der Waals surface area contributed by atoms with Gasteiger partial charge in [0.25, 0.3) is 5.91 Å². The van der Waals surface area contributed by atoms with E-state index < -0.39 is 18.0 Å². The number of piperidine rings is 1. The topological polar surface area (TPSA) is 96.5 Å². The Balaban J connectivity index is 1.65. The van der Waals surface area contributed by atoms with Crippen LogP contribution in [0.25, 0.3) is 0 Å². The van der Waals surface area contributed by atoms with Crippen molar-refractivity contribution in [2.75, 3.05) is 13.1 Å². The summed E-state index contributed by atoms with van der Waals surface area (Å²) >= 11 is 1.37. The normalized spacial score (nSPS) is 17.5. The van der Waals surface area contributed by atoms with Crippen LogP contribution in [0.1, 0.15) is 68.5 Å². The first-order chi connectivity index (χ1) is 14.2. The van der Waals surface area contributed by atoms with Crippen LogP contribution >= 0.6 is 11.3 Å². The van der Waals surface area contributed by atoms with Gasteiger partial charge in [0.05, 0.1) is 16.5 Å². The number of likely N-dealkylation sites (tertiary alicyclic amines) is 1. The van der Waals surface area contributed by atoms with E-state index in [1.165, 1.54) is 25.2 Å². The Morgan fingerprint density at radius 1 is 1.27 bits per heavy atom. The molecule has 2 aromatic rings. The fraction of sp³-hybridized carbons (Fsp3) is 0.455. The molecule has 0 aliphatic carbocycles. The predicted molar refractivity (Wildman–Crippen MR) is 113 cm³/mol. The number of carbonyl (C=O) groups excluding carboxylic acids is 4. The molecule has 0 spiro atoms. The van der Waals surface area contributed by atoms with E-state index in [0.29, 0.717) is 41.1 Å². The van der Waals surface area contributed by atoms with Crippen LogP contribution in [0.5, 0.6) is 0 Å². The molecule has 3 heterocycles. The fourth-order valence-electron chi connectivity index (χ4n) is 3.96. The molecule has 1 N–H and O–H groups in total. The lowest BCUT2D eigenvalue weighted by Gasteiger charge is -2.31. The van der Waals surface area contributed by atoms with Crippen molar-refractivity contribution < 1.29 is 23.9 Å². The van der Waals surface area contributed by atoms with Crippen molar-refractivity contribution in [2.24, 2.45) is 5.92 Å². The Morgan fingerprint density at radius 2 is 2.00 bits per heavy atom. The van der Waals surface area contributed by atoms with Crippen LogP contribution in [0.2, 0.25) is 0 Å². The summed E-state index contributed by atoms with van der Waals surface area (Å²) in [5.74, 6) is -1.52. The minimum Gasteiger partial charge on any atom is -0.454 e. The van der Waals surface area contributed by atoms with Gasteiger partial charge in [0.2, 0.25) is 5.78 Å². The number of aromatic amines is 1. The Labute approximate surface area is 179 Å². The monoisotopic (exact) mass is 430 g/mol. The minimum absolute atomic E-state index is 0.0825. The van der Waals surface area contributed by atoms with Crippen LogP contribution in [0.15, 0.2) is 17.5 Å². The van der Waals surface area contributed by atoms with E-state index in [2.05, 4.69) is 4.98 Å². The van der Waals surface area contributed by atoms with E-state index in [4.69, 9.17) is 4.74 Å². The summed E-state index contributed by atoms with van der Waals surface area (Å²) < 4.78 is 5.46. The minimum atomic E-state index is -0.988. The van der Waals surface area contributed by atoms with Gasteiger partial charge in [-0.2, -0.15) is 0 Å². The lowest BCUT2D eigenvalue weighted by molar-refractivity contribution is -0.152. The number of aryl methyl sites for hydroxylation is 1. The molecule has 1 fully saturated rings. The third-order valence-electron chi connectivity index (χ3n) is 5.47. The zero-order chi connectivity index (χ0) is 22.0. The molecule has 0 radical (unpaired) electrons. The molecule has 2 atom stereocenters. The quantitative estimate of drug-likeness (QED) is 0.558. The Kier molecular flexibility index (Phi) is 6.55. The smallest absolute Gasteiger partial charge is 0.311 e. The number of nitrogens with one attached hydrogen (secondary N) is 1. The number of carbonyl (C=O) groups is 4. The largest absolute Gasteiger partial charge is 0.454 e. The van der Waals surface area contributed by atoms with Gasteiger partial charge < -0.3 is 14.6 Å². The third-order valence-corrected chi connectivity index (χ3v) is 6.33. The first-order valence-corrected chi connectivity index (χ1v) is 10.9. The van der Waals surface area contributed by atoms with Gasteiger partial charge in [0.15, 0.2) is 11.9 Å². The van der Waals surface area contributed by atoms with Gasteiger partial charge in [-0.15, -0.1) is 11.3 Å². The molecule has 30 heavy (non-hydrogen) atoms. The highest BCUT2D eigenvalue weighted by atomic mass is 32.1. The number of nitrogens with zero attached hydrogens (tertiary/aromatic N) is 1. The van der Waals surface area contributed by atoms with E-state index in [-0.39, 0.29) is 29.7 Å². The van der Waals surface area contributed by atoms with Gasteiger partial charge in [0.1, 0.15) is 0 Å². The standard InChI is InChI=1S/C22H26N2O5S/c1-12-18(14(3)25)13(2)23-19(12)20(26)15(4)29-22(28)16-7-5-9-24(11-16)21(27)17-8-6-10-30-17/h6,8,10,15-16,23H,5,7,9,11H2,1-4H3. The molecular formula is C22H26N2O5S. The van der Waals surface area contributed by atoms with Gasteiger partial charge in [-0.1, -0.05) is 6.07 Å². The zero-order valence-corrected chi connectivity index (χ0v) is 18.4. The Hall–Kier alpha value is -2.74. The molecule has 1 amide bonds. The van der Waals surface area contributed by atoms with Crippen molar-refractivity contribution in [1.29, 1.82) is 0 Å². The Bertz CT molecular complexity index is 976. The first kappa shape index (κ1) is 22.0. The summed E-state index contributed by atoms with van der Waals surface area (Å²) in [4.78, 5) is 55.1. The number of thiophene rings is 1. The molecule has 3 rings (SSSR count). The lowest BCUT2D eigenvalue weighted by Crippen LogP contribution is -2.43. The molecular weight excluding hydrogens is 404 g/mol. The van der Waals surface area contributed by atoms with Crippen LogP contribution in [-0.4, -0.2) is 52.5 Å². The second kappa shape index (κ2) is 8.95. The summed E-state index contributed by atoms with van der Waals surface area (Å²) in [5.41, 5.74) is 1.97. The first-order valence-electron chi connectivity index (χ1n) is 9.98. The summed E-state index contributed by atoms with van der Waals surface area (Å²) in [6.45, 7) is 7.30. The van der Waals surface area contributed by atoms with E-state index in [1.54, 1.807) is 24.8 Å². The van der Waals surface area contributed by atoms with Crippen molar-refractivity contribution in [1.82, 2.24) is 9.88 Å². The number of Topliss-reactive ketones (excluding diaryl/α,β-unsaturated/α-hetero) is 2. The van der Waals surface area contributed by atoms with Crippen molar-refractivity contribution in [3.8, 4) is 0 Å². The van der Waals surface area contributed by atoms with Gasteiger partial charge in [-0.25, -0.2) is 0 Å². The molecule has 1 aliphatic rings. The number of ether oxygens (including phenoxy) is 1. The van der Waals surface area contributed by atoms with E-state index in [0.717, 1.165) is 0 Å². The SMILES string of the molecule is CC(=O)c1c(C)[nH]c(C(=O)C(C)OC(=O)C2CCCN(C(=O)c3cccs3)C2)c1C. The number of aromatic nitrogens is 1. The number of esters is 1. The number of H-pyrrole nitrogens is 1. The molecule has 0 bridgehead atoms. The molecule has 2 aromatic heterocycles. The predicted octanol–water partition coefficient (Wildman–Crippen LogP) is 3.56. The van der Waals surface area contributed by atoms with Crippen LogP contribution < -0.4 is 0 Å². The maximum Gasteiger partial charge on any atom is 0.311 e. The summed E-state index contributed by atoms with van der Waals surface area (Å²) in [5, 5.41) is 1.85. The van der Waals surface area contributed by atoms with E-state index in [1.807, 2.05) is 11.4 Å². The van der Waals surface area contributed by atoms with Gasteiger partial charge in [0, 0.05) is 24.3 Å². The molecule has 1 saturated heterocycles. The van der Waals surface area contributed by atoms with Crippen molar-refractivity contribution >= 4 is 34.8 Å². The second-order valence-corrected chi connectivity index (χ2v) is 8.64. The van der Waals surface area contributed by atoms with Gasteiger partial charge in [-0.3, -0.25) is 19.2 Å². The average molecular weight is 431 g/mol. The summed E-state index contributed by atoms with van der Waals surface area (Å²) in [6, 6.07) is 3.59. The highest BCUT2D eigenvalue weighted by Gasteiger charge is 2.33. The number of hydrogen-bond donors (Lipinski definition) is 1. The van der Waals surface area contributed by atoms with Crippen LogP contribution in [0.3, 0.4) is 0 Å².